The number of hydrogen-bond acceptors (Lipinski definition) is 7. The first-order valence-corrected chi connectivity index (χ1v) is 13.1. The van der Waals surface area contributed by atoms with E-state index in [-0.39, 0.29) is 25.6 Å². The molecule has 2 atom stereocenters. The number of nitrogens with two attached hydrogens (primary N) is 1. The van der Waals surface area contributed by atoms with Gasteiger partial charge in [0.05, 0.1) is 19.4 Å². The summed E-state index contributed by atoms with van der Waals surface area (Å²) < 4.78 is 10.2. The standard InChI is InChI=1S/C28H40N4O7/c1-6-18-10-8-11-19(16-18)24(25(35)30-15-14-23(34)38-7-2)32(20-12-9-13-20)26(36)21(17-22(29)33)31-27(37)39-28(3,4)5/h6,8,10-11,16,20-21,24H,1,7,9,12-15,17H2,2-5H3,(H2,29,33)(H,30,35)(H,31,37). The summed E-state index contributed by atoms with van der Waals surface area (Å²) in [4.78, 5) is 65.3. The van der Waals surface area contributed by atoms with E-state index in [1.165, 1.54) is 4.90 Å². The summed E-state index contributed by atoms with van der Waals surface area (Å²) in [5, 5.41) is 5.20. The molecule has 11 heteroatoms. The van der Waals surface area contributed by atoms with E-state index in [2.05, 4.69) is 17.2 Å². The monoisotopic (exact) mass is 544 g/mol. The van der Waals surface area contributed by atoms with Crippen LogP contribution in [0.2, 0.25) is 0 Å². The molecule has 2 rings (SSSR count). The van der Waals surface area contributed by atoms with E-state index in [9.17, 15) is 24.0 Å². The molecular weight excluding hydrogens is 504 g/mol. The molecule has 0 bridgehead atoms. The quantitative estimate of drug-likeness (QED) is 0.322. The van der Waals surface area contributed by atoms with Gasteiger partial charge in [-0.25, -0.2) is 4.79 Å². The zero-order valence-electron chi connectivity index (χ0n) is 23.2. The first kappa shape index (κ1) is 31.3. The molecule has 0 radical (unpaired) electrons. The van der Waals surface area contributed by atoms with Crippen LogP contribution in [0.4, 0.5) is 4.79 Å². The Balaban J connectivity index is 2.46. The summed E-state index contributed by atoms with van der Waals surface area (Å²) in [5.41, 5.74) is 5.83. The number of benzene rings is 1. The number of amides is 4. The van der Waals surface area contributed by atoms with Crippen molar-refractivity contribution in [3.63, 3.8) is 0 Å². The second kappa shape index (κ2) is 14.3. The van der Waals surface area contributed by atoms with Crippen molar-refractivity contribution in [2.75, 3.05) is 13.2 Å². The van der Waals surface area contributed by atoms with Gasteiger partial charge in [0.1, 0.15) is 17.7 Å². The summed E-state index contributed by atoms with van der Waals surface area (Å²) in [7, 11) is 0. The third-order valence-electron chi connectivity index (χ3n) is 6.04. The number of alkyl carbamates (subject to hydrolysis) is 1. The van der Waals surface area contributed by atoms with Gasteiger partial charge in [-0.2, -0.15) is 0 Å². The summed E-state index contributed by atoms with van der Waals surface area (Å²) in [6.07, 6.45) is 2.32. The predicted molar refractivity (Wildman–Crippen MR) is 145 cm³/mol. The molecule has 4 N–H and O–H groups in total. The van der Waals surface area contributed by atoms with Crippen LogP contribution in [0.1, 0.15) is 77.0 Å². The van der Waals surface area contributed by atoms with Crippen molar-refractivity contribution in [2.45, 2.75) is 83.5 Å². The van der Waals surface area contributed by atoms with Gasteiger partial charge < -0.3 is 30.7 Å². The van der Waals surface area contributed by atoms with Gasteiger partial charge in [0, 0.05) is 12.6 Å². The zero-order valence-corrected chi connectivity index (χ0v) is 23.2. The number of esters is 1. The Hall–Kier alpha value is -3.89. The minimum atomic E-state index is -1.35. The predicted octanol–water partition coefficient (Wildman–Crippen LogP) is 2.59. The Labute approximate surface area is 229 Å². The Morgan fingerprint density at radius 2 is 1.90 bits per heavy atom. The number of hydrogen-bond donors (Lipinski definition) is 3. The van der Waals surface area contributed by atoms with Gasteiger partial charge in [0.15, 0.2) is 0 Å². The van der Waals surface area contributed by atoms with Crippen molar-refractivity contribution >= 4 is 35.9 Å². The Bertz CT molecular complexity index is 1060. The zero-order chi connectivity index (χ0) is 29.2. The number of ether oxygens (including phenoxy) is 2. The molecule has 2 unspecified atom stereocenters. The van der Waals surface area contributed by atoms with Crippen LogP contribution in [0.3, 0.4) is 0 Å². The molecule has 0 heterocycles. The molecule has 4 amide bonds. The normalized spacial score (nSPS) is 14.7. The maximum absolute atomic E-state index is 14.0. The Morgan fingerprint density at radius 1 is 1.21 bits per heavy atom. The highest BCUT2D eigenvalue weighted by Crippen LogP contribution is 2.34. The van der Waals surface area contributed by atoms with Gasteiger partial charge in [-0.05, 0) is 64.2 Å². The average Bonchev–Trinajstić information content (AvgIpc) is 2.80. The molecule has 0 aliphatic heterocycles. The molecule has 1 aromatic carbocycles. The van der Waals surface area contributed by atoms with E-state index < -0.39 is 53.9 Å². The number of nitrogens with zero attached hydrogens (tertiary/aromatic N) is 1. The molecular formula is C28H40N4O7. The van der Waals surface area contributed by atoms with E-state index in [0.717, 1.165) is 12.0 Å². The fourth-order valence-electron chi connectivity index (χ4n) is 4.13. The summed E-state index contributed by atoms with van der Waals surface area (Å²) in [6, 6.07) is 4.23. The van der Waals surface area contributed by atoms with E-state index >= 15 is 0 Å². The van der Waals surface area contributed by atoms with Crippen LogP contribution in [0.15, 0.2) is 30.8 Å². The van der Waals surface area contributed by atoms with Crippen LogP contribution in [-0.4, -0.2) is 65.5 Å². The first-order valence-electron chi connectivity index (χ1n) is 13.1. The minimum Gasteiger partial charge on any atom is -0.466 e. The third-order valence-corrected chi connectivity index (χ3v) is 6.04. The molecule has 1 fully saturated rings. The van der Waals surface area contributed by atoms with Gasteiger partial charge >= 0.3 is 12.1 Å². The van der Waals surface area contributed by atoms with E-state index in [1.54, 1.807) is 52.0 Å². The summed E-state index contributed by atoms with van der Waals surface area (Å²) >= 11 is 0. The molecule has 0 spiro atoms. The van der Waals surface area contributed by atoms with Gasteiger partial charge in [-0.15, -0.1) is 0 Å². The smallest absolute Gasteiger partial charge is 0.408 e. The second-order valence-electron chi connectivity index (χ2n) is 10.3. The minimum absolute atomic E-state index is 0.00286. The molecule has 1 aliphatic rings. The number of carbonyl (C=O) groups is 5. The van der Waals surface area contributed by atoms with E-state index in [1.807, 2.05) is 6.07 Å². The molecule has 0 aromatic heterocycles. The fraction of sp³-hybridized carbons (Fsp3) is 0.536. The highest BCUT2D eigenvalue weighted by Gasteiger charge is 2.42. The van der Waals surface area contributed by atoms with Crippen molar-refractivity contribution in [2.24, 2.45) is 5.73 Å². The van der Waals surface area contributed by atoms with Crippen LogP contribution in [0.5, 0.6) is 0 Å². The van der Waals surface area contributed by atoms with Gasteiger partial charge in [-0.1, -0.05) is 30.9 Å². The van der Waals surface area contributed by atoms with Crippen LogP contribution in [0, 0.1) is 0 Å². The molecule has 1 aromatic rings. The van der Waals surface area contributed by atoms with Crippen molar-refractivity contribution in [3.05, 3.63) is 42.0 Å². The Kier molecular flexibility index (Phi) is 11.5. The highest BCUT2D eigenvalue weighted by molar-refractivity contribution is 5.95. The van der Waals surface area contributed by atoms with Gasteiger partial charge in [0.25, 0.3) is 0 Å². The Morgan fingerprint density at radius 3 is 2.44 bits per heavy atom. The largest absolute Gasteiger partial charge is 0.466 e. The van der Waals surface area contributed by atoms with Crippen molar-refractivity contribution in [3.8, 4) is 0 Å². The van der Waals surface area contributed by atoms with Crippen LogP contribution in [-0.2, 0) is 28.7 Å². The third kappa shape index (κ3) is 9.73. The number of carbonyl (C=O) groups excluding carboxylic acids is 5. The number of primary amides is 1. The van der Waals surface area contributed by atoms with Crippen molar-refractivity contribution in [1.82, 2.24) is 15.5 Å². The van der Waals surface area contributed by atoms with Crippen LogP contribution >= 0.6 is 0 Å². The lowest BCUT2D eigenvalue weighted by molar-refractivity contribution is -0.148. The first-order chi connectivity index (χ1) is 18.4. The lowest BCUT2D eigenvalue weighted by Crippen LogP contribution is -2.58. The van der Waals surface area contributed by atoms with E-state index in [0.29, 0.717) is 18.4 Å². The molecule has 1 saturated carbocycles. The van der Waals surface area contributed by atoms with Crippen LogP contribution in [0.25, 0.3) is 6.08 Å². The lowest BCUT2D eigenvalue weighted by atomic mass is 9.87. The average molecular weight is 545 g/mol. The maximum Gasteiger partial charge on any atom is 0.408 e. The summed E-state index contributed by atoms with van der Waals surface area (Å²) in [5.74, 6) is -2.42. The molecule has 39 heavy (non-hydrogen) atoms. The number of nitrogens with one attached hydrogen (secondary N) is 2. The second-order valence-corrected chi connectivity index (χ2v) is 10.3. The molecule has 11 nitrogen and oxygen atoms in total. The molecule has 0 saturated heterocycles. The molecule has 214 valence electrons. The van der Waals surface area contributed by atoms with E-state index in [4.69, 9.17) is 15.2 Å². The number of rotatable bonds is 13. The van der Waals surface area contributed by atoms with Crippen LogP contribution < -0.4 is 16.4 Å². The van der Waals surface area contributed by atoms with Gasteiger partial charge in [0.2, 0.25) is 17.7 Å². The fourth-order valence-corrected chi connectivity index (χ4v) is 4.13. The summed E-state index contributed by atoms with van der Waals surface area (Å²) in [6.45, 7) is 10.7. The maximum atomic E-state index is 14.0. The highest BCUT2D eigenvalue weighted by atomic mass is 16.6. The molecule has 1 aliphatic carbocycles. The van der Waals surface area contributed by atoms with Crippen molar-refractivity contribution in [1.29, 1.82) is 0 Å². The lowest BCUT2D eigenvalue weighted by Gasteiger charge is -2.43. The van der Waals surface area contributed by atoms with Crippen molar-refractivity contribution < 1.29 is 33.4 Å². The topological polar surface area (TPSA) is 157 Å². The SMILES string of the molecule is C=Cc1cccc(C(C(=O)NCCC(=O)OCC)N(C(=O)C(CC(N)=O)NC(=O)OC(C)(C)C)C2CCC2)c1. The van der Waals surface area contributed by atoms with Gasteiger partial charge in [-0.3, -0.25) is 19.2 Å².